The quantitative estimate of drug-likeness (QED) is 0.699. The van der Waals surface area contributed by atoms with Gasteiger partial charge >= 0.3 is 6.03 Å². The summed E-state index contributed by atoms with van der Waals surface area (Å²) in [6.45, 7) is 1.61. The first-order chi connectivity index (χ1) is 7.99. The van der Waals surface area contributed by atoms with Gasteiger partial charge in [0.1, 0.15) is 5.75 Å². The van der Waals surface area contributed by atoms with E-state index < -0.39 is 11.9 Å². The molecule has 0 radical (unpaired) electrons. The van der Waals surface area contributed by atoms with Crippen LogP contribution in [0, 0.1) is 0 Å². The average molecular weight is 237 g/mol. The van der Waals surface area contributed by atoms with Crippen LogP contribution in [0.5, 0.6) is 5.75 Å². The normalized spacial score (nSPS) is 11.6. The first-order valence-corrected chi connectivity index (χ1v) is 5.06. The third kappa shape index (κ3) is 4.52. The Morgan fingerprint density at radius 3 is 2.41 bits per heavy atom. The molecule has 0 aromatic heterocycles. The van der Waals surface area contributed by atoms with Crippen molar-refractivity contribution < 1.29 is 14.3 Å². The van der Waals surface area contributed by atoms with E-state index in [4.69, 9.17) is 16.2 Å². The van der Waals surface area contributed by atoms with Crippen molar-refractivity contribution in [3.8, 4) is 5.75 Å². The van der Waals surface area contributed by atoms with Gasteiger partial charge < -0.3 is 16.2 Å². The molecule has 0 unspecified atom stereocenters. The van der Waals surface area contributed by atoms with Crippen molar-refractivity contribution in [1.82, 2.24) is 5.32 Å². The van der Waals surface area contributed by atoms with E-state index in [0.29, 0.717) is 5.75 Å². The van der Waals surface area contributed by atoms with Gasteiger partial charge in [-0.1, -0.05) is 12.1 Å². The fourth-order valence-corrected chi connectivity index (χ4v) is 1.19. The van der Waals surface area contributed by atoms with Crippen LogP contribution >= 0.6 is 0 Å². The highest BCUT2D eigenvalue weighted by atomic mass is 16.5. The maximum atomic E-state index is 11.0. The van der Waals surface area contributed by atoms with Gasteiger partial charge in [0.05, 0.1) is 0 Å². The molecular formula is C11H15N3O3. The molecule has 1 rings (SSSR count). The van der Waals surface area contributed by atoms with Crippen LogP contribution in [0.1, 0.15) is 18.5 Å². The second-order valence-electron chi connectivity index (χ2n) is 3.56. The Bertz CT molecular complexity index is 401. The molecule has 0 saturated heterocycles. The molecule has 0 saturated carbocycles. The Hall–Kier alpha value is -2.08. The third-order valence-corrected chi connectivity index (χ3v) is 2.04. The highest BCUT2D eigenvalue weighted by Crippen LogP contribution is 2.15. The van der Waals surface area contributed by atoms with Gasteiger partial charge in [-0.25, -0.2) is 4.79 Å². The van der Waals surface area contributed by atoms with E-state index in [9.17, 15) is 9.59 Å². The van der Waals surface area contributed by atoms with Crippen molar-refractivity contribution in [1.29, 1.82) is 0 Å². The summed E-state index contributed by atoms with van der Waals surface area (Å²) in [5.41, 5.74) is 11.4. The van der Waals surface area contributed by atoms with E-state index in [1.54, 1.807) is 12.1 Å². The van der Waals surface area contributed by atoms with Gasteiger partial charge in [0.25, 0.3) is 5.91 Å². The third-order valence-electron chi connectivity index (χ3n) is 2.04. The number of imide groups is 1. The number of carbonyl (C=O) groups is 2. The van der Waals surface area contributed by atoms with Gasteiger partial charge in [-0.05, 0) is 24.6 Å². The lowest BCUT2D eigenvalue weighted by molar-refractivity contribution is -0.121. The Kier molecular flexibility index (Phi) is 4.47. The summed E-state index contributed by atoms with van der Waals surface area (Å²) in [4.78, 5) is 21.4. The van der Waals surface area contributed by atoms with Crippen molar-refractivity contribution in [2.45, 2.75) is 13.0 Å². The summed E-state index contributed by atoms with van der Waals surface area (Å²) in [6.07, 6.45) is 0. The summed E-state index contributed by atoms with van der Waals surface area (Å²) in [6, 6.07) is 6.08. The second-order valence-corrected chi connectivity index (χ2v) is 3.56. The number of amides is 3. The number of nitrogens with two attached hydrogens (primary N) is 2. The highest BCUT2D eigenvalue weighted by molar-refractivity contribution is 5.94. The summed E-state index contributed by atoms with van der Waals surface area (Å²) in [7, 11) is 0. The summed E-state index contributed by atoms with van der Waals surface area (Å²) >= 11 is 0. The van der Waals surface area contributed by atoms with Gasteiger partial charge in [-0.2, -0.15) is 0 Å². The lowest BCUT2D eigenvalue weighted by Crippen LogP contribution is -2.38. The lowest BCUT2D eigenvalue weighted by Gasteiger charge is -2.08. The molecule has 6 nitrogen and oxygen atoms in total. The van der Waals surface area contributed by atoms with E-state index in [1.807, 2.05) is 24.4 Å². The summed E-state index contributed by atoms with van der Waals surface area (Å²) in [5, 5.41) is 1.90. The highest BCUT2D eigenvalue weighted by Gasteiger charge is 2.05. The van der Waals surface area contributed by atoms with Gasteiger partial charge in [0.2, 0.25) is 0 Å². The Balaban J connectivity index is 2.47. The molecule has 0 heterocycles. The minimum Gasteiger partial charge on any atom is -0.484 e. The monoisotopic (exact) mass is 237 g/mol. The SMILES string of the molecule is C[C@H](N)c1ccc(OCC(=O)NC(N)=O)cc1. The van der Waals surface area contributed by atoms with Gasteiger partial charge in [-0.15, -0.1) is 0 Å². The number of primary amides is 1. The van der Waals surface area contributed by atoms with Crippen LogP contribution in [0.25, 0.3) is 0 Å². The van der Waals surface area contributed by atoms with Crippen molar-refractivity contribution in [2.75, 3.05) is 6.61 Å². The van der Waals surface area contributed by atoms with Crippen LogP contribution in [0.15, 0.2) is 24.3 Å². The van der Waals surface area contributed by atoms with Crippen molar-refractivity contribution in [2.24, 2.45) is 11.5 Å². The maximum Gasteiger partial charge on any atom is 0.318 e. The number of hydrogen-bond donors (Lipinski definition) is 3. The molecule has 17 heavy (non-hydrogen) atoms. The molecule has 1 aromatic rings. The van der Waals surface area contributed by atoms with Crippen LogP contribution in [0.3, 0.4) is 0 Å². The minimum atomic E-state index is -0.897. The number of carbonyl (C=O) groups excluding carboxylic acids is 2. The van der Waals surface area contributed by atoms with Crippen LogP contribution in [-0.2, 0) is 4.79 Å². The predicted octanol–water partition coefficient (Wildman–Crippen LogP) is 0.280. The zero-order valence-electron chi connectivity index (χ0n) is 9.47. The smallest absolute Gasteiger partial charge is 0.318 e. The summed E-state index contributed by atoms with van der Waals surface area (Å²) < 4.78 is 5.14. The number of benzene rings is 1. The molecule has 0 spiro atoms. The molecule has 0 aliphatic carbocycles. The Morgan fingerprint density at radius 2 is 1.94 bits per heavy atom. The van der Waals surface area contributed by atoms with E-state index >= 15 is 0 Å². The number of urea groups is 1. The van der Waals surface area contributed by atoms with Gasteiger partial charge in [0.15, 0.2) is 6.61 Å². The molecule has 3 amide bonds. The number of rotatable bonds is 4. The van der Waals surface area contributed by atoms with Crippen molar-refractivity contribution in [3.63, 3.8) is 0 Å². The summed E-state index contributed by atoms with van der Waals surface area (Å²) in [5.74, 6) is -0.0669. The fourth-order valence-electron chi connectivity index (χ4n) is 1.19. The topological polar surface area (TPSA) is 107 Å². The van der Waals surface area contributed by atoms with Crippen LogP contribution in [0.4, 0.5) is 4.79 Å². The molecule has 6 heteroatoms. The lowest BCUT2D eigenvalue weighted by atomic mass is 10.1. The molecule has 1 aromatic carbocycles. The first kappa shape index (κ1) is 13.0. The second kappa shape index (κ2) is 5.86. The zero-order valence-corrected chi connectivity index (χ0v) is 9.47. The van der Waals surface area contributed by atoms with Crippen LogP contribution in [0.2, 0.25) is 0 Å². The molecule has 0 aliphatic rings. The number of nitrogens with one attached hydrogen (secondary N) is 1. The molecular weight excluding hydrogens is 222 g/mol. The molecule has 0 aliphatic heterocycles. The van der Waals surface area contributed by atoms with E-state index in [-0.39, 0.29) is 12.6 Å². The number of ether oxygens (including phenoxy) is 1. The maximum absolute atomic E-state index is 11.0. The van der Waals surface area contributed by atoms with Crippen LogP contribution < -0.4 is 21.5 Å². The van der Waals surface area contributed by atoms with E-state index in [1.165, 1.54) is 0 Å². The molecule has 0 bridgehead atoms. The molecule has 0 fully saturated rings. The van der Waals surface area contributed by atoms with Crippen LogP contribution in [-0.4, -0.2) is 18.5 Å². The number of hydrogen-bond acceptors (Lipinski definition) is 4. The standard InChI is InChI=1S/C11H15N3O3/c1-7(12)8-2-4-9(5-3-8)17-6-10(15)14-11(13)16/h2-5,7H,6,12H2,1H3,(H3,13,14,15,16)/t7-/m0/s1. The van der Waals surface area contributed by atoms with Gasteiger partial charge in [-0.3, -0.25) is 10.1 Å². The van der Waals surface area contributed by atoms with E-state index in [0.717, 1.165) is 5.56 Å². The fraction of sp³-hybridized carbons (Fsp3) is 0.273. The molecule has 1 atom stereocenters. The Morgan fingerprint density at radius 1 is 1.35 bits per heavy atom. The van der Waals surface area contributed by atoms with Gasteiger partial charge in [0, 0.05) is 6.04 Å². The van der Waals surface area contributed by atoms with E-state index in [2.05, 4.69) is 0 Å². The first-order valence-electron chi connectivity index (χ1n) is 5.06. The van der Waals surface area contributed by atoms with Crippen molar-refractivity contribution in [3.05, 3.63) is 29.8 Å². The molecule has 92 valence electrons. The minimum absolute atomic E-state index is 0.0535. The molecule has 5 N–H and O–H groups in total. The predicted molar refractivity (Wildman–Crippen MR) is 62.3 cm³/mol. The van der Waals surface area contributed by atoms with Crippen molar-refractivity contribution >= 4 is 11.9 Å². The largest absolute Gasteiger partial charge is 0.484 e. The average Bonchev–Trinajstić information content (AvgIpc) is 2.26. The Labute approximate surface area is 98.9 Å². The zero-order chi connectivity index (χ0) is 12.8.